The third-order valence-electron chi connectivity index (χ3n) is 2.85. The van der Waals surface area contributed by atoms with Gasteiger partial charge >= 0.3 is 5.97 Å². The highest BCUT2D eigenvalue weighted by atomic mass is 16.5. The molecule has 1 rings (SSSR count). The standard InChI is InChI=1S/C13H23NO4/c1-13(2,3)8-9(7-11(15)16)14-12(17)10-5-4-6-18-10/h9-10H,4-8H2,1-3H3,(H,14,17)(H,15,16). The average Bonchev–Trinajstić information content (AvgIpc) is 2.65. The highest BCUT2D eigenvalue weighted by molar-refractivity contribution is 5.82. The Morgan fingerprint density at radius 2 is 2.11 bits per heavy atom. The van der Waals surface area contributed by atoms with Crippen molar-refractivity contribution in [2.24, 2.45) is 5.41 Å². The van der Waals surface area contributed by atoms with Gasteiger partial charge in [-0.15, -0.1) is 0 Å². The predicted molar refractivity (Wildman–Crippen MR) is 67.2 cm³/mol. The Balaban J connectivity index is 2.53. The number of rotatable bonds is 5. The zero-order chi connectivity index (χ0) is 13.8. The molecule has 0 spiro atoms. The van der Waals surface area contributed by atoms with Crippen molar-refractivity contribution < 1.29 is 19.4 Å². The van der Waals surface area contributed by atoms with Crippen LogP contribution in [0.2, 0.25) is 0 Å². The number of amides is 1. The van der Waals surface area contributed by atoms with Gasteiger partial charge in [-0.2, -0.15) is 0 Å². The number of ether oxygens (including phenoxy) is 1. The van der Waals surface area contributed by atoms with E-state index in [0.29, 0.717) is 13.0 Å². The summed E-state index contributed by atoms with van der Waals surface area (Å²) in [6.07, 6.45) is 1.80. The second-order valence-electron chi connectivity index (χ2n) is 6.07. The van der Waals surface area contributed by atoms with Crippen LogP contribution in [0.5, 0.6) is 0 Å². The van der Waals surface area contributed by atoms with Gasteiger partial charge in [-0.1, -0.05) is 20.8 Å². The summed E-state index contributed by atoms with van der Waals surface area (Å²) in [6, 6.07) is -0.334. The minimum atomic E-state index is -0.892. The Morgan fingerprint density at radius 1 is 1.44 bits per heavy atom. The van der Waals surface area contributed by atoms with Crippen LogP contribution >= 0.6 is 0 Å². The minimum Gasteiger partial charge on any atom is -0.481 e. The van der Waals surface area contributed by atoms with E-state index in [2.05, 4.69) is 5.32 Å². The molecule has 1 fully saturated rings. The van der Waals surface area contributed by atoms with E-state index in [1.165, 1.54) is 0 Å². The van der Waals surface area contributed by atoms with Gasteiger partial charge in [0.1, 0.15) is 6.10 Å². The van der Waals surface area contributed by atoms with Crippen molar-refractivity contribution >= 4 is 11.9 Å². The summed E-state index contributed by atoms with van der Waals surface area (Å²) in [6.45, 7) is 6.70. The molecule has 0 aliphatic carbocycles. The van der Waals surface area contributed by atoms with Crippen molar-refractivity contribution in [1.82, 2.24) is 5.32 Å². The fourth-order valence-corrected chi connectivity index (χ4v) is 2.20. The van der Waals surface area contributed by atoms with Gasteiger partial charge in [-0.25, -0.2) is 0 Å². The molecule has 2 atom stereocenters. The lowest BCUT2D eigenvalue weighted by Crippen LogP contribution is -2.43. The maximum Gasteiger partial charge on any atom is 0.305 e. The van der Waals surface area contributed by atoms with E-state index in [1.807, 2.05) is 20.8 Å². The number of hydrogen-bond donors (Lipinski definition) is 2. The van der Waals surface area contributed by atoms with Crippen LogP contribution in [0.3, 0.4) is 0 Å². The van der Waals surface area contributed by atoms with Crippen molar-refractivity contribution in [3.05, 3.63) is 0 Å². The molecule has 18 heavy (non-hydrogen) atoms. The number of aliphatic carboxylic acids is 1. The molecule has 0 aromatic heterocycles. The van der Waals surface area contributed by atoms with Crippen molar-refractivity contribution in [2.75, 3.05) is 6.61 Å². The maximum absolute atomic E-state index is 11.9. The molecule has 0 aromatic carbocycles. The molecule has 0 bridgehead atoms. The summed E-state index contributed by atoms with van der Waals surface area (Å²) in [5.74, 6) is -1.07. The molecule has 0 saturated carbocycles. The van der Waals surface area contributed by atoms with Crippen molar-refractivity contribution in [2.45, 2.75) is 58.6 Å². The number of carboxylic acids is 1. The summed E-state index contributed by atoms with van der Waals surface area (Å²) in [5.41, 5.74) is -0.0239. The molecule has 2 unspecified atom stereocenters. The first kappa shape index (κ1) is 15.0. The smallest absolute Gasteiger partial charge is 0.305 e. The molecule has 1 aliphatic rings. The van der Waals surface area contributed by atoms with E-state index < -0.39 is 12.1 Å². The fraction of sp³-hybridized carbons (Fsp3) is 0.846. The summed E-state index contributed by atoms with van der Waals surface area (Å²) in [5, 5.41) is 11.7. The van der Waals surface area contributed by atoms with Crippen LogP contribution in [-0.4, -0.2) is 35.7 Å². The zero-order valence-corrected chi connectivity index (χ0v) is 11.4. The topological polar surface area (TPSA) is 75.6 Å². The first-order valence-electron chi connectivity index (χ1n) is 6.42. The van der Waals surface area contributed by atoms with Crippen molar-refractivity contribution in [3.8, 4) is 0 Å². The van der Waals surface area contributed by atoms with Crippen molar-refractivity contribution in [1.29, 1.82) is 0 Å². The van der Waals surface area contributed by atoms with Crippen LogP contribution in [0.15, 0.2) is 0 Å². The second kappa shape index (κ2) is 6.18. The molecule has 104 valence electrons. The Kier molecular flexibility index (Phi) is 5.14. The molecule has 1 amide bonds. The number of carboxylic acid groups (broad SMARTS) is 1. The van der Waals surface area contributed by atoms with E-state index >= 15 is 0 Å². The first-order chi connectivity index (χ1) is 8.28. The monoisotopic (exact) mass is 257 g/mol. The minimum absolute atomic E-state index is 0.0239. The summed E-state index contributed by atoms with van der Waals surface area (Å²) in [4.78, 5) is 22.7. The molecule has 1 heterocycles. The Labute approximate surface area is 108 Å². The molecular formula is C13H23NO4. The normalized spacial score (nSPS) is 21.6. The Bertz CT molecular complexity index is 303. The van der Waals surface area contributed by atoms with Gasteiger partial charge in [-0.05, 0) is 24.7 Å². The highest BCUT2D eigenvalue weighted by Gasteiger charge is 2.28. The van der Waals surface area contributed by atoms with E-state index in [9.17, 15) is 9.59 Å². The number of carbonyl (C=O) groups excluding carboxylic acids is 1. The second-order valence-corrected chi connectivity index (χ2v) is 6.07. The predicted octanol–water partition coefficient (Wildman–Crippen LogP) is 1.56. The average molecular weight is 257 g/mol. The lowest BCUT2D eigenvalue weighted by molar-refractivity contribution is -0.138. The molecule has 5 nitrogen and oxygen atoms in total. The third kappa shape index (κ3) is 5.49. The molecule has 0 radical (unpaired) electrons. The quantitative estimate of drug-likeness (QED) is 0.783. The lowest BCUT2D eigenvalue weighted by Gasteiger charge is -2.26. The van der Waals surface area contributed by atoms with Gasteiger partial charge in [0, 0.05) is 12.6 Å². The van der Waals surface area contributed by atoms with Crippen LogP contribution in [0.4, 0.5) is 0 Å². The summed E-state index contributed by atoms with van der Waals surface area (Å²) in [7, 11) is 0. The van der Waals surface area contributed by atoms with Gasteiger partial charge in [0.25, 0.3) is 0 Å². The van der Waals surface area contributed by atoms with Gasteiger partial charge in [0.2, 0.25) is 5.91 Å². The Hall–Kier alpha value is -1.10. The van der Waals surface area contributed by atoms with Gasteiger partial charge in [0.15, 0.2) is 0 Å². The number of nitrogens with one attached hydrogen (secondary N) is 1. The van der Waals surface area contributed by atoms with Crippen LogP contribution in [0.25, 0.3) is 0 Å². The third-order valence-corrected chi connectivity index (χ3v) is 2.85. The molecule has 2 N–H and O–H groups in total. The molecule has 5 heteroatoms. The highest BCUT2D eigenvalue weighted by Crippen LogP contribution is 2.22. The van der Waals surface area contributed by atoms with E-state index in [-0.39, 0.29) is 23.8 Å². The van der Waals surface area contributed by atoms with Crippen LogP contribution in [-0.2, 0) is 14.3 Å². The molecular weight excluding hydrogens is 234 g/mol. The SMILES string of the molecule is CC(C)(C)CC(CC(=O)O)NC(=O)C1CCCO1. The number of carbonyl (C=O) groups is 2. The zero-order valence-electron chi connectivity index (χ0n) is 11.4. The maximum atomic E-state index is 11.9. The Morgan fingerprint density at radius 3 is 2.56 bits per heavy atom. The van der Waals surface area contributed by atoms with E-state index in [1.54, 1.807) is 0 Å². The first-order valence-corrected chi connectivity index (χ1v) is 6.42. The molecule has 0 aromatic rings. The fourth-order valence-electron chi connectivity index (χ4n) is 2.20. The summed E-state index contributed by atoms with van der Waals surface area (Å²) < 4.78 is 5.29. The molecule has 1 saturated heterocycles. The summed E-state index contributed by atoms with van der Waals surface area (Å²) >= 11 is 0. The lowest BCUT2D eigenvalue weighted by atomic mass is 9.87. The van der Waals surface area contributed by atoms with E-state index in [0.717, 1.165) is 12.8 Å². The van der Waals surface area contributed by atoms with E-state index in [4.69, 9.17) is 9.84 Å². The van der Waals surface area contributed by atoms with Gasteiger partial charge in [-0.3, -0.25) is 9.59 Å². The van der Waals surface area contributed by atoms with Crippen LogP contribution < -0.4 is 5.32 Å². The van der Waals surface area contributed by atoms with Crippen LogP contribution in [0, 0.1) is 5.41 Å². The van der Waals surface area contributed by atoms with Gasteiger partial charge < -0.3 is 15.2 Å². The number of hydrogen-bond acceptors (Lipinski definition) is 3. The van der Waals surface area contributed by atoms with Crippen LogP contribution in [0.1, 0.15) is 46.5 Å². The van der Waals surface area contributed by atoms with Crippen molar-refractivity contribution in [3.63, 3.8) is 0 Å². The largest absolute Gasteiger partial charge is 0.481 e. The molecule has 1 aliphatic heterocycles. The van der Waals surface area contributed by atoms with Gasteiger partial charge in [0.05, 0.1) is 6.42 Å².